The highest BCUT2D eigenvalue weighted by molar-refractivity contribution is 5.83. The quantitative estimate of drug-likeness (QED) is 0.818. The van der Waals surface area contributed by atoms with Crippen LogP contribution in [0.1, 0.15) is 51.9 Å². The van der Waals surface area contributed by atoms with E-state index in [1.165, 1.54) is 12.8 Å². The van der Waals surface area contributed by atoms with Gasteiger partial charge in [0, 0.05) is 5.92 Å². The third-order valence-corrected chi connectivity index (χ3v) is 5.32. The van der Waals surface area contributed by atoms with Crippen molar-refractivity contribution >= 4 is 11.9 Å². The Bertz CT molecular complexity index is 404. The number of carbonyl (C=O) groups excluding carboxylic acids is 1. The summed E-state index contributed by atoms with van der Waals surface area (Å²) < 4.78 is 0. The topological polar surface area (TPSA) is 66.4 Å². The fourth-order valence-corrected chi connectivity index (χ4v) is 3.81. The molecule has 19 heavy (non-hydrogen) atoms. The van der Waals surface area contributed by atoms with Gasteiger partial charge in [0.2, 0.25) is 5.91 Å². The lowest BCUT2D eigenvalue weighted by atomic mass is 9.73. The first kappa shape index (κ1) is 12.9. The van der Waals surface area contributed by atoms with Gasteiger partial charge in [-0.1, -0.05) is 12.8 Å². The van der Waals surface area contributed by atoms with Crippen LogP contribution in [0.2, 0.25) is 0 Å². The number of carbonyl (C=O) groups is 2. The van der Waals surface area contributed by atoms with Crippen molar-refractivity contribution in [3.8, 4) is 0 Å². The highest BCUT2D eigenvalue weighted by Gasteiger charge is 2.53. The van der Waals surface area contributed by atoms with Gasteiger partial charge in [0.1, 0.15) is 0 Å². The van der Waals surface area contributed by atoms with Crippen LogP contribution in [0, 0.1) is 23.7 Å². The van der Waals surface area contributed by atoms with Crippen molar-refractivity contribution in [3.63, 3.8) is 0 Å². The molecule has 0 saturated heterocycles. The zero-order chi connectivity index (χ0) is 13.6. The van der Waals surface area contributed by atoms with Crippen molar-refractivity contribution in [1.29, 1.82) is 0 Å². The maximum atomic E-state index is 12.3. The van der Waals surface area contributed by atoms with E-state index in [1.54, 1.807) is 0 Å². The van der Waals surface area contributed by atoms with Crippen molar-refractivity contribution < 1.29 is 14.7 Å². The molecule has 3 aliphatic rings. The van der Waals surface area contributed by atoms with Gasteiger partial charge in [-0.25, -0.2) is 0 Å². The average Bonchev–Trinajstić information content (AvgIpc) is 3.19. The Morgan fingerprint density at radius 2 is 1.95 bits per heavy atom. The van der Waals surface area contributed by atoms with Gasteiger partial charge in [0.25, 0.3) is 0 Å². The third kappa shape index (κ3) is 2.49. The van der Waals surface area contributed by atoms with Gasteiger partial charge in [-0.05, 0) is 50.9 Å². The van der Waals surface area contributed by atoms with E-state index in [2.05, 4.69) is 5.32 Å². The van der Waals surface area contributed by atoms with E-state index >= 15 is 0 Å². The van der Waals surface area contributed by atoms with Crippen LogP contribution in [0.4, 0.5) is 0 Å². The summed E-state index contributed by atoms with van der Waals surface area (Å²) in [4.78, 5) is 23.7. The molecule has 0 aromatic rings. The van der Waals surface area contributed by atoms with Crippen molar-refractivity contribution in [1.82, 2.24) is 5.32 Å². The lowest BCUT2D eigenvalue weighted by Crippen LogP contribution is -2.55. The molecule has 4 unspecified atom stereocenters. The lowest BCUT2D eigenvalue weighted by molar-refractivity contribution is -0.146. The predicted molar refractivity (Wildman–Crippen MR) is 70.5 cm³/mol. The smallest absolute Gasteiger partial charge is 0.308 e. The first-order chi connectivity index (χ1) is 9.01. The summed E-state index contributed by atoms with van der Waals surface area (Å²) in [6, 6.07) is 0. The second-order valence-electron chi connectivity index (χ2n) is 6.89. The van der Waals surface area contributed by atoms with Gasteiger partial charge in [-0.15, -0.1) is 0 Å². The Hall–Kier alpha value is -1.06. The zero-order valence-corrected chi connectivity index (χ0v) is 11.5. The van der Waals surface area contributed by atoms with Gasteiger partial charge in [-0.3, -0.25) is 9.59 Å². The number of carboxylic acid groups (broad SMARTS) is 1. The van der Waals surface area contributed by atoms with Crippen LogP contribution in [-0.4, -0.2) is 22.5 Å². The Balaban J connectivity index is 1.62. The number of nitrogens with one attached hydrogen (secondary N) is 1. The van der Waals surface area contributed by atoms with Crippen LogP contribution in [0.3, 0.4) is 0 Å². The molecule has 4 atom stereocenters. The van der Waals surface area contributed by atoms with E-state index in [0.29, 0.717) is 12.3 Å². The Morgan fingerprint density at radius 3 is 2.58 bits per heavy atom. The second-order valence-corrected chi connectivity index (χ2v) is 6.89. The molecule has 1 amide bonds. The SMILES string of the molecule is CC1(NC(=O)C2CC2C2CC2)CCCCC1C(=O)O. The first-order valence-electron chi connectivity index (χ1n) is 7.56. The first-order valence-corrected chi connectivity index (χ1v) is 7.56. The number of aliphatic carboxylic acids is 1. The number of amides is 1. The number of rotatable bonds is 4. The summed E-state index contributed by atoms with van der Waals surface area (Å²) >= 11 is 0. The highest BCUT2D eigenvalue weighted by Crippen LogP contribution is 2.54. The van der Waals surface area contributed by atoms with E-state index in [0.717, 1.165) is 31.6 Å². The van der Waals surface area contributed by atoms with E-state index < -0.39 is 17.4 Å². The minimum absolute atomic E-state index is 0.104. The van der Waals surface area contributed by atoms with Crippen LogP contribution in [-0.2, 0) is 9.59 Å². The molecule has 2 N–H and O–H groups in total. The molecule has 0 aromatic heterocycles. The van der Waals surface area contributed by atoms with Crippen LogP contribution < -0.4 is 5.32 Å². The molecule has 0 aliphatic heterocycles. The minimum atomic E-state index is -0.767. The maximum absolute atomic E-state index is 12.3. The summed E-state index contributed by atoms with van der Waals surface area (Å²) in [5, 5.41) is 12.4. The van der Waals surface area contributed by atoms with Crippen molar-refractivity contribution in [3.05, 3.63) is 0 Å². The van der Waals surface area contributed by atoms with Crippen LogP contribution >= 0.6 is 0 Å². The molecular weight excluding hydrogens is 242 g/mol. The summed E-state index contributed by atoms with van der Waals surface area (Å²) in [6.07, 6.45) is 7.02. The fraction of sp³-hybridized carbons (Fsp3) is 0.867. The molecule has 0 bridgehead atoms. The fourth-order valence-electron chi connectivity index (χ4n) is 3.81. The summed E-state index contributed by atoms with van der Waals surface area (Å²) in [7, 11) is 0. The molecule has 3 saturated carbocycles. The molecule has 3 fully saturated rings. The molecule has 0 radical (unpaired) electrons. The standard InChI is InChI=1S/C15H23NO3/c1-15(7-3-2-4-12(15)14(18)19)16-13(17)11-8-10(11)9-5-6-9/h9-12H,2-8H2,1H3,(H,16,17)(H,18,19). The summed E-state index contributed by atoms with van der Waals surface area (Å²) in [5.74, 6) is 0.453. The Kier molecular flexibility index (Phi) is 3.06. The monoisotopic (exact) mass is 265 g/mol. The van der Waals surface area contributed by atoms with Gasteiger partial charge in [0.05, 0.1) is 11.5 Å². The summed E-state index contributed by atoms with van der Waals surface area (Å²) in [5.41, 5.74) is -0.544. The number of hydrogen-bond acceptors (Lipinski definition) is 2. The number of hydrogen-bond donors (Lipinski definition) is 2. The van der Waals surface area contributed by atoms with Gasteiger partial charge < -0.3 is 10.4 Å². The van der Waals surface area contributed by atoms with Gasteiger partial charge >= 0.3 is 5.97 Å². The van der Waals surface area contributed by atoms with Crippen LogP contribution in [0.15, 0.2) is 0 Å². The minimum Gasteiger partial charge on any atom is -0.481 e. The molecule has 0 heterocycles. The Labute approximate surface area is 113 Å². The van der Waals surface area contributed by atoms with Crippen LogP contribution in [0.5, 0.6) is 0 Å². The molecule has 0 spiro atoms. The average molecular weight is 265 g/mol. The molecule has 0 aromatic carbocycles. The van der Waals surface area contributed by atoms with Gasteiger partial charge in [0.15, 0.2) is 0 Å². The van der Waals surface area contributed by atoms with E-state index in [-0.39, 0.29) is 11.8 Å². The zero-order valence-electron chi connectivity index (χ0n) is 11.5. The summed E-state index contributed by atoms with van der Waals surface area (Å²) in [6.45, 7) is 1.91. The van der Waals surface area contributed by atoms with Crippen LogP contribution in [0.25, 0.3) is 0 Å². The Morgan fingerprint density at radius 1 is 1.21 bits per heavy atom. The maximum Gasteiger partial charge on any atom is 0.308 e. The van der Waals surface area contributed by atoms with E-state index in [1.807, 2.05) is 6.92 Å². The molecule has 3 aliphatic carbocycles. The second kappa shape index (κ2) is 4.50. The molecule has 4 heteroatoms. The third-order valence-electron chi connectivity index (χ3n) is 5.32. The highest BCUT2D eigenvalue weighted by atomic mass is 16.4. The van der Waals surface area contributed by atoms with Gasteiger partial charge in [-0.2, -0.15) is 0 Å². The predicted octanol–water partition coefficient (Wildman–Crippen LogP) is 2.18. The number of carboxylic acids is 1. The molecule has 3 rings (SSSR count). The molecule has 4 nitrogen and oxygen atoms in total. The largest absolute Gasteiger partial charge is 0.481 e. The van der Waals surface area contributed by atoms with Crippen molar-refractivity contribution in [2.75, 3.05) is 0 Å². The van der Waals surface area contributed by atoms with E-state index in [9.17, 15) is 14.7 Å². The van der Waals surface area contributed by atoms with Crippen molar-refractivity contribution in [2.24, 2.45) is 23.7 Å². The molecular formula is C15H23NO3. The van der Waals surface area contributed by atoms with Crippen molar-refractivity contribution in [2.45, 2.75) is 57.4 Å². The lowest BCUT2D eigenvalue weighted by Gasteiger charge is -2.40. The molecule has 106 valence electrons. The normalized spacial score (nSPS) is 41.6. The van der Waals surface area contributed by atoms with E-state index in [4.69, 9.17) is 0 Å².